The summed E-state index contributed by atoms with van der Waals surface area (Å²) in [7, 11) is 0. The molecular formula is C11H16ClNO2. The molecule has 0 saturated carbocycles. The summed E-state index contributed by atoms with van der Waals surface area (Å²) >= 11 is 0. The van der Waals surface area contributed by atoms with Crippen LogP contribution in [0, 0.1) is 0 Å². The SMILES string of the molecule is CC(N)c1ccc2c(c1)OCCCO2.Cl. The van der Waals surface area contributed by atoms with Gasteiger partial charge in [-0.15, -0.1) is 12.4 Å². The van der Waals surface area contributed by atoms with Crippen LogP contribution in [0.3, 0.4) is 0 Å². The second-order valence-corrected chi connectivity index (χ2v) is 3.55. The summed E-state index contributed by atoms with van der Waals surface area (Å²) in [6.07, 6.45) is 0.933. The lowest BCUT2D eigenvalue weighted by Crippen LogP contribution is -2.05. The zero-order chi connectivity index (χ0) is 9.97. The van der Waals surface area contributed by atoms with E-state index in [4.69, 9.17) is 15.2 Å². The first-order valence-electron chi connectivity index (χ1n) is 4.92. The molecule has 1 aromatic rings. The minimum absolute atomic E-state index is 0. The van der Waals surface area contributed by atoms with Crippen LogP contribution in [-0.2, 0) is 0 Å². The molecule has 2 rings (SSSR count). The van der Waals surface area contributed by atoms with Crippen molar-refractivity contribution in [1.29, 1.82) is 0 Å². The Hall–Kier alpha value is -0.930. The first-order valence-corrected chi connectivity index (χ1v) is 4.92. The van der Waals surface area contributed by atoms with Gasteiger partial charge >= 0.3 is 0 Å². The van der Waals surface area contributed by atoms with Crippen LogP contribution in [-0.4, -0.2) is 13.2 Å². The summed E-state index contributed by atoms with van der Waals surface area (Å²) in [5, 5.41) is 0. The average molecular weight is 230 g/mol. The topological polar surface area (TPSA) is 44.5 Å². The molecule has 0 radical (unpaired) electrons. The second kappa shape index (κ2) is 5.24. The predicted molar refractivity (Wildman–Crippen MR) is 61.9 cm³/mol. The van der Waals surface area contributed by atoms with Gasteiger partial charge in [-0.1, -0.05) is 6.07 Å². The zero-order valence-electron chi connectivity index (χ0n) is 8.73. The minimum atomic E-state index is 0. The third kappa shape index (κ3) is 2.76. The molecule has 84 valence electrons. The maximum atomic E-state index is 5.79. The molecule has 1 heterocycles. The van der Waals surface area contributed by atoms with E-state index < -0.39 is 0 Å². The highest BCUT2D eigenvalue weighted by molar-refractivity contribution is 5.85. The predicted octanol–water partition coefficient (Wildman–Crippen LogP) is 2.29. The van der Waals surface area contributed by atoms with Crippen molar-refractivity contribution in [3.63, 3.8) is 0 Å². The van der Waals surface area contributed by atoms with Gasteiger partial charge in [-0.2, -0.15) is 0 Å². The molecule has 0 bridgehead atoms. The number of hydrogen-bond donors (Lipinski definition) is 1. The van der Waals surface area contributed by atoms with E-state index in [1.54, 1.807) is 0 Å². The first-order chi connectivity index (χ1) is 6.77. The van der Waals surface area contributed by atoms with Gasteiger partial charge < -0.3 is 15.2 Å². The largest absolute Gasteiger partial charge is 0.490 e. The van der Waals surface area contributed by atoms with Gasteiger partial charge in [0.2, 0.25) is 0 Å². The summed E-state index contributed by atoms with van der Waals surface area (Å²) in [4.78, 5) is 0. The standard InChI is InChI=1S/C11H15NO2.ClH/c1-8(12)9-3-4-10-11(7-9)14-6-2-5-13-10;/h3-4,7-8H,2,5-6,12H2,1H3;1H. The van der Waals surface area contributed by atoms with E-state index in [9.17, 15) is 0 Å². The van der Waals surface area contributed by atoms with Crippen LogP contribution in [0.2, 0.25) is 0 Å². The van der Waals surface area contributed by atoms with E-state index in [0.717, 1.165) is 36.7 Å². The summed E-state index contributed by atoms with van der Waals surface area (Å²) in [5.74, 6) is 1.64. The normalized spacial score (nSPS) is 16.1. The third-order valence-electron chi connectivity index (χ3n) is 2.30. The van der Waals surface area contributed by atoms with Gasteiger partial charge in [0.1, 0.15) is 0 Å². The van der Waals surface area contributed by atoms with Gasteiger partial charge in [0, 0.05) is 12.5 Å². The number of benzene rings is 1. The molecule has 0 amide bonds. The van der Waals surface area contributed by atoms with Crippen LogP contribution in [0.1, 0.15) is 24.9 Å². The van der Waals surface area contributed by atoms with E-state index in [0.29, 0.717) is 0 Å². The third-order valence-corrected chi connectivity index (χ3v) is 2.30. The molecule has 0 fully saturated rings. The fraction of sp³-hybridized carbons (Fsp3) is 0.455. The van der Waals surface area contributed by atoms with E-state index in [1.807, 2.05) is 25.1 Å². The second-order valence-electron chi connectivity index (χ2n) is 3.55. The Morgan fingerprint density at radius 1 is 1.20 bits per heavy atom. The van der Waals surface area contributed by atoms with Crippen molar-refractivity contribution in [3.05, 3.63) is 23.8 Å². The molecule has 0 aromatic heterocycles. The highest BCUT2D eigenvalue weighted by Gasteiger charge is 2.11. The van der Waals surface area contributed by atoms with Crippen molar-refractivity contribution in [2.45, 2.75) is 19.4 Å². The monoisotopic (exact) mass is 229 g/mol. The number of hydrogen-bond acceptors (Lipinski definition) is 3. The molecule has 3 nitrogen and oxygen atoms in total. The van der Waals surface area contributed by atoms with Crippen LogP contribution in [0.25, 0.3) is 0 Å². The van der Waals surface area contributed by atoms with Crippen molar-refractivity contribution in [3.8, 4) is 11.5 Å². The molecule has 2 N–H and O–H groups in total. The van der Waals surface area contributed by atoms with E-state index >= 15 is 0 Å². The van der Waals surface area contributed by atoms with Crippen molar-refractivity contribution in [1.82, 2.24) is 0 Å². The summed E-state index contributed by atoms with van der Waals surface area (Å²) in [6, 6.07) is 5.91. The minimum Gasteiger partial charge on any atom is -0.490 e. The molecule has 4 heteroatoms. The highest BCUT2D eigenvalue weighted by atomic mass is 35.5. The lowest BCUT2D eigenvalue weighted by atomic mass is 10.1. The molecule has 1 atom stereocenters. The fourth-order valence-corrected chi connectivity index (χ4v) is 1.46. The van der Waals surface area contributed by atoms with Crippen molar-refractivity contribution < 1.29 is 9.47 Å². The van der Waals surface area contributed by atoms with Crippen molar-refractivity contribution >= 4 is 12.4 Å². The van der Waals surface area contributed by atoms with Crippen molar-refractivity contribution in [2.75, 3.05) is 13.2 Å². The quantitative estimate of drug-likeness (QED) is 0.804. The molecular weight excluding hydrogens is 214 g/mol. The Balaban J connectivity index is 0.00000112. The van der Waals surface area contributed by atoms with Crippen molar-refractivity contribution in [2.24, 2.45) is 5.73 Å². The van der Waals surface area contributed by atoms with Crippen LogP contribution >= 0.6 is 12.4 Å². The Kier molecular flexibility index (Phi) is 4.24. The van der Waals surface area contributed by atoms with Crippen LogP contribution < -0.4 is 15.2 Å². The summed E-state index contributed by atoms with van der Waals surface area (Å²) in [5.41, 5.74) is 6.87. The fourth-order valence-electron chi connectivity index (χ4n) is 1.46. The first kappa shape index (κ1) is 12.1. The number of nitrogens with two attached hydrogens (primary N) is 1. The van der Waals surface area contributed by atoms with Gasteiger partial charge in [-0.3, -0.25) is 0 Å². The van der Waals surface area contributed by atoms with E-state index in [-0.39, 0.29) is 18.4 Å². The molecule has 0 spiro atoms. The van der Waals surface area contributed by atoms with Crippen LogP contribution in [0.4, 0.5) is 0 Å². The Labute approximate surface area is 96.0 Å². The highest BCUT2D eigenvalue weighted by Crippen LogP contribution is 2.31. The van der Waals surface area contributed by atoms with Gasteiger partial charge in [0.15, 0.2) is 11.5 Å². The maximum absolute atomic E-state index is 5.79. The Morgan fingerprint density at radius 2 is 1.87 bits per heavy atom. The molecule has 1 unspecified atom stereocenters. The summed E-state index contributed by atoms with van der Waals surface area (Å²) < 4.78 is 11.1. The van der Waals surface area contributed by atoms with E-state index in [1.165, 1.54) is 0 Å². The maximum Gasteiger partial charge on any atom is 0.161 e. The van der Waals surface area contributed by atoms with Gasteiger partial charge in [0.25, 0.3) is 0 Å². The molecule has 0 aliphatic carbocycles. The Morgan fingerprint density at radius 3 is 2.53 bits per heavy atom. The summed E-state index contributed by atoms with van der Waals surface area (Å²) in [6.45, 7) is 3.40. The molecule has 0 saturated heterocycles. The van der Waals surface area contributed by atoms with Gasteiger partial charge in [0.05, 0.1) is 13.2 Å². The lowest BCUT2D eigenvalue weighted by molar-refractivity contribution is 0.297. The molecule has 1 aromatic carbocycles. The molecule has 15 heavy (non-hydrogen) atoms. The van der Waals surface area contributed by atoms with Crippen LogP contribution in [0.15, 0.2) is 18.2 Å². The number of ether oxygens (including phenoxy) is 2. The molecule has 1 aliphatic rings. The van der Waals surface area contributed by atoms with Gasteiger partial charge in [-0.25, -0.2) is 0 Å². The average Bonchev–Trinajstić information content (AvgIpc) is 2.41. The zero-order valence-corrected chi connectivity index (χ0v) is 9.55. The number of fused-ring (bicyclic) bond motifs is 1. The lowest BCUT2D eigenvalue weighted by Gasteiger charge is -2.11. The Bertz CT molecular complexity index is 328. The van der Waals surface area contributed by atoms with Gasteiger partial charge in [-0.05, 0) is 24.6 Å². The number of rotatable bonds is 1. The number of halogens is 1. The molecule has 1 aliphatic heterocycles. The smallest absolute Gasteiger partial charge is 0.161 e. The van der Waals surface area contributed by atoms with E-state index in [2.05, 4.69) is 0 Å². The van der Waals surface area contributed by atoms with Crippen LogP contribution in [0.5, 0.6) is 11.5 Å².